The van der Waals surface area contributed by atoms with Crippen LogP contribution < -0.4 is 0 Å². The van der Waals surface area contributed by atoms with Crippen LogP contribution in [0.25, 0.3) is 0 Å². The predicted molar refractivity (Wildman–Crippen MR) is 72.1 cm³/mol. The van der Waals surface area contributed by atoms with E-state index in [2.05, 4.69) is 0 Å². The van der Waals surface area contributed by atoms with Crippen molar-refractivity contribution in [2.75, 3.05) is 13.1 Å². The number of Topliss-reactive ketones (excluding diaryl/α,β-unsaturated/α-hetero) is 1. The van der Waals surface area contributed by atoms with Crippen LogP contribution in [0.3, 0.4) is 0 Å². The summed E-state index contributed by atoms with van der Waals surface area (Å²) in [6.07, 6.45) is 0.714. The molecule has 2 rings (SSSR count). The average molecular weight is 268 g/mol. The fraction of sp³-hybridized carbons (Fsp3) is 0.500. The van der Waals surface area contributed by atoms with Gasteiger partial charge in [-0.3, -0.25) is 9.69 Å². The molecule has 1 aromatic rings. The van der Waals surface area contributed by atoms with Crippen LogP contribution in [-0.2, 0) is 0 Å². The Morgan fingerprint density at radius 2 is 2.06 bits per heavy atom. The molecule has 1 N–H and O–H groups in total. The number of halogens is 1. The van der Waals surface area contributed by atoms with Gasteiger partial charge >= 0.3 is 0 Å². The predicted octanol–water partition coefficient (Wildman–Crippen LogP) is 2.37. The van der Waals surface area contributed by atoms with E-state index in [9.17, 15) is 9.90 Å². The fourth-order valence-electron chi connectivity index (χ4n) is 2.33. The van der Waals surface area contributed by atoms with Crippen LogP contribution in [0.1, 0.15) is 30.6 Å². The first-order chi connectivity index (χ1) is 8.39. The molecule has 1 saturated heterocycles. The lowest BCUT2D eigenvalue weighted by atomic mass is 10.0. The fourth-order valence-corrected chi connectivity index (χ4v) is 2.46. The van der Waals surface area contributed by atoms with Gasteiger partial charge in [-0.2, -0.15) is 0 Å². The molecule has 1 fully saturated rings. The maximum absolute atomic E-state index is 12.3. The minimum absolute atomic E-state index is 0.0735. The highest BCUT2D eigenvalue weighted by Crippen LogP contribution is 2.23. The molecule has 98 valence electrons. The number of benzene rings is 1. The van der Waals surface area contributed by atoms with Crippen molar-refractivity contribution in [3.8, 4) is 0 Å². The summed E-state index contributed by atoms with van der Waals surface area (Å²) in [6.45, 7) is 5.01. The second-order valence-corrected chi connectivity index (χ2v) is 5.70. The van der Waals surface area contributed by atoms with Gasteiger partial charge in [0.2, 0.25) is 0 Å². The van der Waals surface area contributed by atoms with Crippen LogP contribution in [0.2, 0.25) is 5.02 Å². The molecule has 1 heterocycles. The quantitative estimate of drug-likeness (QED) is 0.855. The largest absolute Gasteiger partial charge is 0.389 e. The van der Waals surface area contributed by atoms with Crippen LogP contribution >= 0.6 is 11.6 Å². The van der Waals surface area contributed by atoms with E-state index in [1.807, 2.05) is 18.7 Å². The molecule has 0 aromatic heterocycles. The Labute approximate surface area is 112 Å². The van der Waals surface area contributed by atoms with E-state index in [4.69, 9.17) is 11.6 Å². The summed E-state index contributed by atoms with van der Waals surface area (Å²) in [4.78, 5) is 14.3. The molecule has 0 radical (unpaired) electrons. The van der Waals surface area contributed by atoms with Crippen molar-refractivity contribution in [3.63, 3.8) is 0 Å². The van der Waals surface area contributed by atoms with E-state index in [0.29, 0.717) is 23.6 Å². The number of carbonyl (C=O) groups excluding carboxylic acids is 1. The van der Waals surface area contributed by atoms with Gasteiger partial charge < -0.3 is 5.11 Å². The highest BCUT2D eigenvalue weighted by molar-refractivity contribution is 6.30. The minimum Gasteiger partial charge on any atom is -0.389 e. The number of hydrogen-bond donors (Lipinski definition) is 1. The summed E-state index contributed by atoms with van der Waals surface area (Å²) in [7, 11) is 0. The molecule has 4 heteroatoms. The first kappa shape index (κ1) is 13.5. The van der Waals surface area contributed by atoms with Crippen molar-refractivity contribution in [3.05, 3.63) is 34.9 Å². The Kier molecular flexibility index (Phi) is 3.76. The van der Waals surface area contributed by atoms with Gasteiger partial charge in [-0.1, -0.05) is 11.6 Å². The molecule has 2 atom stereocenters. The molecule has 0 spiro atoms. The van der Waals surface area contributed by atoms with E-state index in [-0.39, 0.29) is 11.8 Å². The summed E-state index contributed by atoms with van der Waals surface area (Å²) in [5, 5.41) is 10.6. The summed E-state index contributed by atoms with van der Waals surface area (Å²) >= 11 is 5.81. The third-order valence-corrected chi connectivity index (χ3v) is 3.79. The van der Waals surface area contributed by atoms with Gasteiger partial charge in [-0.15, -0.1) is 0 Å². The molecular weight excluding hydrogens is 250 g/mol. The molecule has 0 saturated carbocycles. The zero-order valence-corrected chi connectivity index (χ0v) is 11.4. The molecule has 0 aliphatic carbocycles. The smallest absolute Gasteiger partial charge is 0.179 e. The van der Waals surface area contributed by atoms with Crippen molar-refractivity contribution in [1.29, 1.82) is 0 Å². The van der Waals surface area contributed by atoms with Crippen molar-refractivity contribution >= 4 is 17.4 Å². The van der Waals surface area contributed by atoms with Gasteiger partial charge in [-0.05, 0) is 44.5 Å². The summed E-state index contributed by atoms with van der Waals surface area (Å²) < 4.78 is 0. The molecule has 1 aliphatic heterocycles. The van der Waals surface area contributed by atoms with Crippen LogP contribution in [0.4, 0.5) is 0 Å². The Bertz CT molecular complexity index is 442. The lowest BCUT2D eigenvalue weighted by molar-refractivity contribution is 0.0598. The number of aliphatic hydroxyl groups is 1. The van der Waals surface area contributed by atoms with Gasteiger partial charge in [0.15, 0.2) is 5.78 Å². The van der Waals surface area contributed by atoms with E-state index in [1.54, 1.807) is 24.3 Å². The van der Waals surface area contributed by atoms with Gasteiger partial charge in [-0.25, -0.2) is 0 Å². The number of carbonyl (C=O) groups is 1. The summed E-state index contributed by atoms with van der Waals surface area (Å²) in [6, 6.07) is 6.73. The normalized spacial score (nSPS) is 26.2. The molecule has 18 heavy (non-hydrogen) atoms. The minimum atomic E-state index is -0.672. The standard InChI is InChI=1S/C14H18ClNO2/c1-10(16-8-7-14(2,18)9-16)13(17)11-3-5-12(15)6-4-11/h3-6,10,18H,7-9H2,1-2H3. The number of hydrogen-bond acceptors (Lipinski definition) is 3. The van der Waals surface area contributed by atoms with E-state index in [1.165, 1.54) is 0 Å². The van der Waals surface area contributed by atoms with Crippen molar-refractivity contribution in [2.24, 2.45) is 0 Å². The Morgan fingerprint density at radius 1 is 1.44 bits per heavy atom. The monoisotopic (exact) mass is 267 g/mol. The Hall–Kier alpha value is -0.900. The lowest BCUT2D eigenvalue weighted by Gasteiger charge is -2.24. The Morgan fingerprint density at radius 3 is 2.56 bits per heavy atom. The lowest BCUT2D eigenvalue weighted by Crippen LogP contribution is -2.40. The van der Waals surface area contributed by atoms with Gasteiger partial charge in [0, 0.05) is 23.7 Å². The number of β-amino-alcohol motifs (C(OH)–C–C–N with tert-alkyl or cyclic N) is 1. The molecule has 0 amide bonds. The number of ketones is 1. The maximum atomic E-state index is 12.3. The zero-order chi connectivity index (χ0) is 13.3. The van der Waals surface area contributed by atoms with Crippen molar-refractivity contribution in [2.45, 2.75) is 31.9 Å². The zero-order valence-electron chi connectivity index (χ0n) is 10.7. The first-order valence-electron chi connectivity index (χ1n) is 6.15. The van der Waals surface area contributed by atoms with Crippen LogP contribution in [0.15, 0.2) is 24.3 Å². The van der Waals surface area contributed by atoms with E-state index in [0.717, 1.165) is 6.54 Å². The SMILES string of the molecule is CC(C(=O)c1ccc(Cl)cc1)N1CCC(C)(O)C1. The average Bonchev–Trinajstić information content (AvgIpc) is 2.69. The highest BCUT2D eigenvalue weighted by Gasteiger charge is 2.35. The first-order valence-corrected chi connectivity index (χ1v) is 6.53. The molecule has 3 nitrogen and oxygen atoms in total. The summed E-state index contributed by atoms with van der Waals surface area (Å²) in [5.41, 5.74) is -0.00686. The molecule has 1 aromatic carbocycles. The maximum Gasteiger partial charge on any atom is 0.179 e. The molecule has 1 aliphatic rings. The molecule has 0 bridgehead atoms. The van der Waals surface area contributed by atoms with Gasteiger partial charge in [0.1, 0.15) is 0 Å². The van der Waals surface area contributed by atoms with Gasteiger partial charge in [0.05, 0.1) is 11.6 Å². The second kappa shape index (κ2) is 5.00. The molecular formula is C14H18ClNO2. The van der Waals surface area contributed by atoms with E-state index >= 15 is 0 Å². The van der Waals surface area contributed by atoms with Crippen LogP contribution in [-0.4, -0.2) is 40.5 Å². The summed E-state index contributed by atoms with van der Waals surface area (Å²) in [5.74, 6) is 0.0735. The number of rotatable bonds is 3. The van der Waals surface area contributed by atoms with Gasteiger partial charge in [0.25, 0.3) is 0 Å². The third kappa shape index (κ3) is 2.91. The topological polar surface area (TPSA) is 40.5 Å². The molecule has 2 unspecified atom stereocenters. The van der Waals surface area contributed by atoms with E-state index < -0.39 is 5.60 Å². The number of likely N-dealkylation sites (tertiary alicyclic amines) is 1. The highest BCUT2D eigenvalue weighted by atomic mass is 35.5. The second-order valence-electron chi connectivity index (χ2n) is 5.26. The third-order valence-electron chi connectivity index (χ3n) is 3.54. The number of nitrogens with zero attached hydrogens (tertiary/aromatic N) is 1. The van der Waals surface area contributed by atoms with Crippen LogP contribution in [0.5, 0.6) is 0 Å². The van der Waals surface area contributed by atoms with Crippen molar-refractivity contribution in [1.82, 2.24) is 4.90 Å². The van der Waals surface area contributed by atoms with Crippen LogP contribution in [0, 0.1) is 0 Å². The Balaban J connectivity index is 2.07. The van der Waals surface area contributed by atoms with Crippen molar-refractivity contribution < 1.29 is 9.90 Å².